The molecule has 2 atom stereocenters. The van der Waals surface area contributed by atoms with Gasteiger partial charge >= 0.3 is 0 Å². The number of hydrogen-bond donors (Lipinski definition) is 1. The molecule has 1 aromatic rings. The van der Waals surface area contributed by atoms with Crippen molar-refractivity contribution in [2.45, 2.75) is 45.3 Å². The maximum absolute atomic E-state index is 5.60. The third-order valence-electron chi connectivity index (χ3n) is 3.00. The number of nitrogens with one attached hydrogen (secondary N) is 1. The molecule has 0 spiro atoms. The van der Waals surface area contributed by atoms with E-state index < -0.39 is 0 Å². The molecule has 0 saturated heterocycles. The van der Waals surface area contributed by atoms with E-state index in [0.29, 0.717) is 6.04 Å². The number of ether oxygens (including phenoxy) is 1. The van der Waals surface area contributed by atoms with E-state index in [1.807, 2.05) is 12.4 Å². The van der Waals surface area contributed by atoms with Crippen molar-refractivity contribution in [1.82, 2.24) is 10.3 Å². The zero-order valence-corrected chi connectivity index (χ0v) is 11.1. The Hall–Kier alpha value is -0.930. The average molecular weight is 236 g/mol. The van der Waals surface area contributed by atoms with Crippen LogP contribution in [0.25, 0.3) is 0 Å². The Kier molecular flexibility index (Phi) is 6.82. The minimum Gasteiger partial charge on any atom is -0.380 e. The maximum atomic E-state index is 5.60. The van der Waals surface area contributed by atoms with E-state index in [1.54, 1.807) is 7.11 Å². The number of methoxy groups -OCH3 is 1. The third kappa shape index (κ3) is 4.84. The maximum Gasteiger partial charge on any atom is 0.0727 e. The van der Waals surface area contributed by atoms with Gasteiger partial charge in [0, 0.05) is 25.5 Å². The molecule has 0 saturated carbocycles. The highest BCUT2D eigenvalue weighted by Gasteiger charge is 2.19. The zero-order chi connectivity index (χ0) is 12.5. The standard InChI is InChI=1S/C14H24N2O/c1-4-6-14(17-3)13(16-5-2)11-12-7-9-15-10-8-12/h7-10,13-14,16H,4-6,11H2,1-3H3. The first-order valence-electron chi connectivity index (χ1n) is 6.46. The van der Waals surface area contributed by atoms with Crippen molar-refractivity contribution in [2.75, 3.05) is 13.7 Å². The lowest BCUT2D eigenvalue weighted by Crippen LogP contribution is -2.42. The Morgan fingerprint density at radius 2 is 2.00 bits per heavy atom. The highest BCUT2D eigenvalue weighted by Crippen LogP contribution is 2.12. The minimum atomic E-state index is 0.285. The van der Waals surface area contributed by atoms with Gasteiger partial charge < -0.3 is 10.1 Å². The first kappa shape index (κ1) is 14.1. The van der Waals surface area contributed by atoms with Crippen molar-refractivity contribution >= 4 is 0 Å². The van der Waals surface area contributed by atoms with Crippen LogP contribution in [0.5, 0.6) is 0 Å². The smallest absolute Gasteiger partial charge is 0.0727 e. The van der Waals surface area contributed by atoms with Crippen LogP contribution < -0.4 is 5.32 Å². The van der Waals surface area contributed by atoms with Gasteiger partial charge in [-0.2, -0.15) is 0 Å². The molecule has 0 amide bonds. The molecule has 1 heterocycles. The zero-order valence-electron chi connectivity index (χ0n) is 11.1. The summed E-state index contributed by atoms with van der Waals surface area (Å²) in [5.41, 5.74) is 1.31. The number of likely N-dealkylation sites (N-methyl/N-ethyl adjacent to an activating group) is 1. The van der Waals surface area contributed by atoms with Crippen molar-refractivity contribution in [3.63, 3.8) is 0 Å². The van der Waals surface area contributed by atoms with Gasteiger partial charge in [0.15, 0.2) is 0 Å². The van der Waals surface area contributed by atoms with Crippen molar-refractivity contribution in [1.29, 1.82) is 0 Å². The predicted octanol–water partition coefficient (Wildman–Crippen LogP) is 2.42. The van der Waals surface area contributed by atoms with Crippen LogP contribution >= 0.6 is 0 Å². The quantitative estimate of drug-likeness (QED) is 0.752. The fourth-order valence-corrected chi connectivity index (χ4v) is 2.14. The Morgan fingerprint density at radius 1 is 1.29 bits per heavy atom. The molecule has 0 aliphatic rings. The van der Waals surface area contributed by atoms with Crippen molar-refractivity contribution in [2.24, 2.45) is 0 Å². The molecule has 0 fully saturated rings. The average Bonchev–Trinajstić information content (AvgIpc) is 2.37. The fraction of sp³-hybridized carbons (Fsp3) is 0.643. The van der Waals surface area contributed by atoms with Gasteiger partial charge in [0.05, 0.1) is 6.10 Å². The summed E-state index contributed by atoms with van der Waals surface area (Å²) in [6, 6.07) is 4.53. The van der Waals surface area contributed by atoms with Crippen LogP contribution in [-0.4, -0.2) is 30.8 Å². The second-order valence-electron chi connectivity index (χ2n) is 4.29. The summed E-state index contributed by atoms with van der Waals surface area (Å²) in [7, 11) is 1.80. The van der Waals surface area contributed by atoms with E-state index in [9.17, 15) is 0 Å². The van der Waals surface area contributed by atoms with Crippen molar-refractivity contribution in [3.8, 4) is 0 Å². The highest BCUT2D eigenvalue weighted by molar-refractivity contribution is 5.12. The van der Waals surface area contributed by atoms with E-state index in [1.165, 1.54) is 5.56 Å². The van der Waals surface area contributed by atoms with Crippen LogP contribution in [0, 0.1) is 0 Å². The van der Waals surface area contributed by atoms with Crippen LogP contribution in [0.4, 0.5) is 0 Å². The SMILES string of the molecule is CCCC(OC)C(Cc1ccncc1)NCC. The van der Waals surface area contributed by atoms with E-state index >= 15 is 0 Å². The molecule has 2 unspecified atom stereocenters. The van der Waals surface area contributed by atoms with Gasteiger partial charge in [-0.3, -0.25) is 4.98 Å². The monoisotopic (exact) mass is 236 g/mol. The van der Waals surface area contributed by atoms with E-state index in [-0.39, 0.29) is 6.10 Å². The van der Waals surface area contributed by atoms with Crippen LogP contribution in [0.15, 0.2) is 24.5 Å². The summed E-state index contributed by atoms with van der Waals surface area (Å²) in [6.45, 7) is 5.30. The third-order valence-corrected chi connectivity index (χ3v) is 3.00. The van der Waals surface area contributed by atoms with Crippen LogP contribution in [-0.2, 0) is 11.2 Å². The molecule has 0 aromatic carbocycles. The minimum absolute atomic E-state index is 0.285. The summed E-state index contributed by atoms with van der Waals surface area (Å²) >= 11 is 0. The summed E-state index contributed by atoms with van der Waals surface area (Å²) < 4.78 is 5.60. The Morgan fingerprint density at radius 3 is 2.53 bits per heavy atom. The molecule has 1 N–H and O–H groups in total. The van der Waals surface area contributed by atoms with Gasteiger partial charge in [-0.15, -0.1) is 0 Å². The van der Waals surface area contributed by atoms with Crippen LogP contribution in [0.3, 0.4) is 0 Å². The van der Waals surface area contributed by atoms with Crippen LogP contribution in [0.1, 0.15) is 32.3 Å². The molecule has 0 aliphatic carbocycles. The number of hydrogen-bond acceptors (Lipinski definition) is 3. The number of aromatic nitrogens is 1. The van der Waals surface area contributed by atoms with Crippen molar-refractivity contribution in [3.05, 3.63) is 30.1 Å². The molecule has 3 nitrogen and oxygen atoms in total. The second kappa shape index (κ2) is 8.20. The fourth-order valence-electron chi connectivity index (χ4n) is 2.14. The molecule has 0 radical (unpaired) electrons. The predicted molar refractivity (Wildman–Crippen MR) is 71.1 cm³/mol. The molecular formula is C14H24N2O. The van der Waals surface area contributed by atoms with E-state index in [0.717, 1.165) is 25.8 Å². The lowest BCUT2D eigenvalue weighted by molar-refractivity contribution is 0.0614. The normalized spacial score (nSPS) is 14.5. The van der Waals surface area contributed by atoms with Gasteiger partial charge in [0.25, 0.3) is 0 Å². The molecular weight excluding hydrogens is 212 g/mol. The van der Waals surface area contributed by atoms with Gasteiger partial charge in [-0.25, -0.2) is 0 Å². The highest BCUT2D eigenvalue weighted by atomic mass is 16.5. The van der Waals surface area contributed by atoms with Gasteiger partial charge in [-0.1, -0.05) is 20.3 Å². The van der Waals surface area contributed by atoms with Crippen LogP contribution in [0.2, 0.25) is 0 Å². The van der Waals surface area contributed by atoms with E-state index in [2.05, 4.69) is 36.3 Å². The molecule has 0 aliphatic heterocycles. The lowest BCUT2D eigenvalue weighted by Gasteiger charge is -2.26. The largest absolute Gasteiger partial charge is 0.380 e. The molecule has 3 heteroatoms. The Bertz CT molecular complexity index is 290. The summed E-state index contributed by atoms with van der Waals surface area (Å²) in [5.74, 6) is 0. The summed E-state index contributed by atoms with van der Waals surface area (Å²) in [5, 5.41) is 3.52. The topological polar surface area (TPSA) is 34.1 Å². The Labute approximate surface area is 105 Å². The summed E-state index contributed by atoms with van der Waals surface area (Å²) in [4.78, 5) is 4.05. The first-order chi connectivity index (χ1) is 8.31. The Balaban J connectivity index is 2.64. The van der Waals surface area contributed by atoms with Gasteiger partial charge in [0.1, 0.15) is 0 Å². The molecule has 0 bridgehead atoms. The van der Waals surface area contributed by atoms with E-state index in [4.69, 9.17) is 4.74 Å². The number of pyridine rings is 1. The van der Waals surface area contributed by atoms with Crippen molar-refractivity contribution < 1.29 is 4.74 Å². The first-order valence-corrected chi connectivity index (χ1v) is 6.46. The molecule has 1 rings (SSSR count). The number of nitrogens with zero attached hydrogens (tertiary/aromatic N) is 1. The van der Waals surface area contributed by atoms with Gasteiger partial charge in [-0.05, 0) is 37.1 Å². The number of rotatable bonds is 8. The molecule has 1 aromatic heterocycles. The lowest BCUT2D eigenvalue weighted by atomic mass is 9.99. The molecule has 96 valence electrons. The van der Waals surface area contributed by atoms with Gasteiger partial charge in [0.2, 0.25) is 0 Å². The summed E-state index contributed by atoms with van der Waals surface area (Å²) in [6.07, 6.45) is 7.22. The molecule has 17 heavy (non-hydrogen) atoms. The second-order valence-corrected chi connectivity index (χ2v) is 4.29.